The summed E-state index contributed by atoms with van der Waals surface area (Å²) >= 11 is 1.49. The van der Waals surface area contributed by atoms with Crippen LogP contribution in [-0.4, -0.2) is 42.4 Å². The Bertz CT molecular complexity index is 798. The summed E-state index contributed by atoms with van der Waals surface area (Å²) in [6, 6.07) is 5.71. The SMILES string of the molecule is CCOc1ccc(-c2nc(N3CCCCCC3)sc2CC(=O)O)cc1OCC. The topological polar surface area (TPSA) is 71.9 Å². The molecule has 2 heterocycles. The molecule has 1 aliphatic heterocycles. The van der Waals surface area contributed by atoms with E-state index in [1.165, 1.54) is 24.2 Å². The molecule has 1 fully saturated rings. The van der Waals surface area contributed by atoms with Gasteiger partial charge in [-0.25, -0.2) is 4.98 Å². The maximum atomic E-state index is 11.4. The molecule has 0 spiro atoms. The van der Waals surface area contributed by atoms with Gasteiger partial charge in [0.1, 0.15) is 0 Å². The number of hydrogen-bond donors (Lipinski definition) is 1. The first-order chi connectivity index (χ1) is 13.6. The Kier molecular flexibility index (Phi) is 7.14. The van der Waals surface area contributed by atoms with E-state index in [2.05, 4.69) is 4.90 Å². The molecular formula is C21H28N2O4S. The molecule has 0 bridgehead atoms. The van der Waals surface area contributed by atoms with Crippen LogP contribution in [0.5, 0.6) is 11.5 Å². The molecule has 0 atom stereocenters. The summed E-state index contributed by atoms with van der Waals surface area (Å²) in [5.74, 6) is 0.506. The molecule has 1 aromatic heterocycles. The molecule has 0 aliphatic carbocycles. The summed E-state index contributed by atoms with van der Waals surface area (Å²) in [4.78, 5) is 19.4. The minimum atomic E-state index is -0.844. The highest BCUT2D eigenvalue weighted by Gasteiger charge is 2.21. The van der Waals surface area contributed by atoms with Crippen LogP contribution in [0.2, 0.25) is 0 Å². The molecule has 1 saturated heterocycles. The average Bonchev–Trinajstić information content (AvgIpc) is 2.89. The Morgan fingerprint density at radius 1 is 1.11 bits per heavy atom. The summed E-state index contributed by atoms with van der Waals surface area (Å²) in [7, 11) is 0. The van der Waals surface area contributed by atoms with Crippen molar-refractivity contribution in [1.82, 2.24) is 4.98 Å². The Balaban J connectivity index is 1.98. The molecule has 1 aromatic carbocycles. The minimum Gasteiger partial charge on any atom is -0.490 e. The first-order valence-corrected chi connectivity index (χ1v) is 10.8. The number of thiazole rings is 1. The minimum absolute atomic E-state index is 0.0297. The maximum Gasteiger partial charge on any atom is 0.308 e. The van der Waals surface area contributed by atoms with Crippen LogP contribution in [0.3, 0.4) is 0 Å². The van der Waals surface area contributed by atoms with Crippen molar-refractivity contribution in [3.8, 4) is 22.8 Å². The van der Waals surface area contributed by atoms with E-state index in [1.54, 1.807) is 0 Å². The van der Waals surface area contributed by atoms with E-state index in [4.69, 9.17) is 14.5 Å². The molecule has 0 unspecified atom stereocenters. The van der Waals surface area contributed by atoms with Crippen molar-refractivity contribution in [3.63, 3.8) is 0 Å². The Morgan fingerprint density at radius 2 is 1.79 bits per heavy atom. The average molecular weight is 405 g/mol. The Morgan fingerprint density at radius 3 is 2.43 bits per heavy atom. The molecule has 0 saturated carbocycles. The Hall–Kier alpha value is -2.28. The number of rotatable bonds is 8. The standard InChI is InChI=1S/C21H28N2O4S/c1-3-26-16-10-9-15(13-17(16)27-4-2)20-18(14-19(24)25)28-21(22-20)23-11-7-5-6-8-12-23/h9-10,13H,3-8,11-12,14H2,1-2H3,(H,24,25). The molecule has 6 nitrogen and oxygen atoms in total. The number of carbonyl (C=O) groups is 1. The van der Waals surface area contributed by atoms with Gasteiger partial charge >= 0.3 is 5.97 Å². The number of nitrogens with zero attached hydrogens (tertiary/aromatic N) is 2. The fourth-order valence-electron chi connectivity index (χ4n) is 3.42. The van der Waals surface area contributed by atoms with Crippen LogP contribution >= 0.6 is 11.3 Å². The van der Waals surface area contributed by atoms with Gasteiger partial charge in [0.15, 0.2) is 16.6 Å². The second kappa shape index (κ2) is 9.78. The van der Waals surface area contributed by atoms with Gasteiger partial charge in [-0.15, -0.1) is 11.3 Å². The van der Waals surface area contributed by atoms with Gasteiger partial charge < -0.3 is 19.5 Å². The predicted molar refractivity (Wildman–Crippen MR) is 112 cm³/mol. The van der Waals surface area contributed by atoms with Crippen LogP contribution in [0.15, 0.2) is 18.2 Å². The first kappa shape index (κ1) is 20.5. The summed E-state index contributed by atoms with van der Waals surface area (Å²) in [6.07, 6.45) is 4.76. The van der Waals surface area contributed by atoms with E-state index in [0.717, 1.165) is 47.2 Å². The van der Waals surface area contributed by atoms with E-state index in [1.807, 2.05) is 32.0 Å². The quantitative estimate of drug-likeness (QED) is 0.692. The van der Waals surface area contributed by atoms with Crippen molar-refractivity contribution in [3.05, 3.63) is 23.1 Å². The second-order valence-electron chi connectivity index (χ2n) is 6.77. The van der Waals surface area contributed by atoms with Crippen molar-refractivity contribution in [2.24, 2.45) is 0 Å². The number of hydrogen-bond acceptors (Lipinski definition) is 6. The number of aliphatic carboxylic acids is 1. The molecule has 1 N–H and O–H groups in total. The smallest absolute Gasteiger partial charge is 0.308 e. The van der Waals surface area contributed by atoms with Gasteiger partial charge in [-0.1, -0.05) is 12.8 Å². The van der Waals surface area contributed by atoms with Gasteiger partial charge in [0, 0.05) is 23.5 Å². The van der Waals surface area contributed by atoms with Crippen LogP contribution in [-0.2, 0) is 11.2 Å². The van der Waals surface area contributed by atoms with Crippen molar-refractivity contribution in [1.29, 1.82) is 0 Å². The highest BCUT2D eigenvalue weighted by molar-refractivity contribution is 7.16. The maximum absolute atomic E-state index is 11.4. The molecule has 0 radical (unpaired) electrons. The Labute approximate surface area is 170 Å². The zero-order valence-electron chi connectivity index (χ0n) is 16.6. The largest absolute Gasteiger partial charge is 0.490 e. The molecule has 1 aliphatic rings. The zero-order chi connectivity index (χ0) is 19.9. The van der Waals surface area contributed by atoms with Crippen LogP contribution in [0, 0.1) is 0 Å². The van der Waals surface area contributed by atoms with Gasteiger partial charge in [0.2, 0.25) is 0 Å². The van der Waals surface area contributed by atoms with Crippen molar-refractivity contribution < 1.29 is 19.4 Å². The fourth-order valence-corrected chi connectivity index (χ4v) is 4.54. The molecule has 2 aromatic rings. The summed E-state index contributed by atoms with van der Waals surface area (Å²) in [5, 5.41) is 10.3. The number of anilines is 1. The lowest BCUT2D eigenvalue weighted by Crippen LogP contribution is -2.23. The lowest BCUT2D eigenvalue weighted by atomic mass is 10.1. The van der Waals surface area contributed by atoms with Crippen LogP contribution in [0.1, 0.15) is 44.4 Å². The molecule has 0 amide bonds. The normalized spacial score (nSPS) is 14.6. The van der Waals surface area contributed by atoms with Crippen molar-refractivity contribution >= 4 is 22.4 Å². The van der Waals surface area contributed by atoms with E-state index in [-0.39, 0.29) is 6.42 Å². The third kappa shape index (κ3) is 4.95. The zero-order valence-corrected chi connectivity index (χ0v) is 17.4. The van der Waals surface area contributed by atoms with Crippen molar-refractivity contribution in [2.75, 3.05) is 31.2 Å². The van der Waals surface area contributed by atoms with E-state index < -0.39 is 5.97 Å². The summed E-state index contributed by atoms with van der Waals surface area (Å²) < 4.78 is 11.4. The lowest BCUT2D eigenvalue weighted by molar-refractivity contribution is -0.136. The molecular weight excluding hydrogens is 376 g/mol. The third-order valence-electron chi connectivity index (χ3n) is 4.69. The van der Waals surface area contributed by atoms with Crippen LogP contribution < -0.4 is 14.4 Å². The van der Waals surface area contributed by atoms with Crippen LogP contribution in [0.25, 0.3) is 11.3 Å². The van der Waals surface area contributed by atoms with Gasteiger partial charge in [-0.05, 0) is 44.9 Å². The van der Waals surface area contributed by atoms with Gasteiger partial charge in [-0.3, -0.25) is 4.79 Å². The monoisotopic (exact) mass is 404 g/mol. The van der Waals surface area contributed by atoms with Gasteiger partial charge in [0.25, 0.3) is 0 Å². The van der Waals surface area contributed by atoms with E-state index in [9.17, 15) is 9.90 Å². The predicted octanol–water partition coefficient (Wildman–Crippen LogP) is 4.62. The number of benzene rings is 1. The third-order valence-corrected chi connectivity index (χ3v) is 5.81. The summed E-state index contributed by atoms with van der Waals surface area (Å²) in [5.41, 5.74) is 1.59. The number of carboxylic acids is 1. The highest BCUT2D eigenvalue weighted by atomic mass is 32.1. The highest BCUT2D eigenvalue weighted by Crippen LogP contribution is 2.38. The molecule has 3 rings (SSSR count). The number of carboxylic acid groups (broad SMARTS) is 1. The number of ether oxygens (including phenoxy) is 2. The summed E-state index contributed by atoms with van der Waals surface area (Å²) in [6.45, 7) is 6.90. The van der Waals surface area contributed by atoms with E-state index in [0.29, 0.717) is 24.7 Å². The van der Waals surface area contributed by atoms with E-state index >= 15 is 0 Å². The van der Waals surface area contributed by atoms with Crippen LogP contribution in [0.4, 0.5) is 5.13 Å². The first-order valence-electron chi connectivity index (χ1n) is 9.98. The number of aromatic nitrogens is 1. The van der Waals surface area contributed by atoms with Gasteiger partial charge in [-0.2, -0.15) is 0 Å². The fraction of sp³-hybridized carbons (Fsp3) is 0.524. The van der Waals surface area contributed by atoms with Crippen molar-refractivity contribution in [2.45, 2.75) is 46.0 Å². The lowest BCUT2D eigenvalue weighted by Gasteiger charge is -2.18. The molecule has 7 heteroatoms. The van der Waals surface area contributed by atoms with Gasteiger partial charge in [0.05, 0.1) is 25.3 Å². The second-order valence-corrected chi connectivity index (χ2v) is 7.83. The molecule has 28 heavy (non-hydrogen) atoms. The molecule has 152 valence electrons.